The Morgan fingerprint density at radius 2 is 1.58 bits per heavy atom. The van der Waals surface area contributed by atoms with E-state index < -0.39 is 14.9 Å². The lowest BCUT2D eigenvalue weighted by Gasteiger charge is -2.35. The van der Waals surface area contributed by atoms with E-state index in [0.29, 0.717) is 31.1 Å². The van der Waals surface area contributed by atoms with Crippen LogP contribution in [0.15, 0.2) is 47.4 Å². The molecular formula is C18H21N3O4S. The average molecular weight is 375 g/mol. The lowest BCUT2D eigenvalue weighted by Crippen LogP contribution is -2.48. The molecule has 0 N–H and O–H groups in total. The molecule has 2 aromatic carbocycles. The first-order valence-electron chi connectivity index (χ1n) is 8.36. The van der Waals surface area contributed by atoms with Crippen molar-refractivity contribution >= 4 is 21.4 Å². The number of nitro benzene ring substituents is 1. The number of nitrogens with zero attached hydrogens (tertiary/aromatic N) is 3. The van der Waals surface area contributed by atoms with Gasteiger partial charge < -0.3 is 4.90 Å². The molecule has 7 nitrogen and oxygen atoms in total. The van der Waals surface area contributed by atoms with Crippen molar-refractivity contribution in [2.24, 2.45) is 0 Å². The Hall–Kier alpha value is -2.45. The van der Waals surface area contributed by atoms with Crippen LogP contribution in [-0.2, 0) is 10.0 Å². The minimum Gasteiger partial charge on any atom is -0.369 e. The van der Waals surface area contributed by atoms with Crippen molar-refractivity contribution in [3.8, 4) is 0 Å². The van der Waals surface area contributed by atoms with Crippen LogP contribution in [-0.4, -0.2) is 43.8 Å². The van der Waals surface area contributed by atoms with E-state index in [4.69, 9.17) is 0 Å². The van der Waals surface area contributed by atoms with Crippen LogP contribution in [0.25, 0.3) is 0 Å². The molecule has 0 aromatic heterocycles. The zero-order valence-electron chi connectivity index (χ0n) is 14.8. The number of sulfonamides is 1. The zero-order valence-corrected chi connectivity index (χ0v) is 15.6. The Labute approximate surface area is 153 Å². The first kappa shape index (κ1) is 18.3. The first-order chi connectivity index (χ1) is 12.3. The lowest BCUT2D eigenvalue weighted by molar-refractivity contribution is -0.384. The van der Waals surface area contributed by atoms with E-state index in [-0.39, 0.29) is 5.69 Å². The van der Waals surface area contributed by atoms with Crippen molar-refractivity contribution in [2.75, 3.05) is 31.1 Å². The highest BCUT2D eigenvalue weighted by Gasteiger charge is 2.29. The summed E-state index contributed by atoms with van der Waals surface area (Å²) in [5.74, 6) is 0. The summed E-state index contributed by atoms with van der Waals surface area (Å²) in [4.78, 5) is 12.7. The van der Waals surface area contributed by atoms with Crippen LogP contribution < -0.4 is 4.90 Å². The average Bonchev–Trinajstić information content (AvgIpc) is 2.64. The number of hydrogen-bond acceptors (Lipinski definition) is 5. The van der Waals surface area contributed by atoms with Gasteiger partial charge in [0.2, 0.25) is 10.0 Å². The predicted molar refractivity (Wildman–Crippen MR) is 100.0 cm³/mol. The highest BCUT2D eigenvalue weighted by molar-refractivity contribution is 7.89. The summed E-state index contributed by atoms with van der Waals surface area (Å²) in [6, 6.07) is 11.8. The molecule has 1 saturated heterocycles. The Morgan fingerprint density at radius 1 is 0.962 bits per heavy atom. The molecule has 0 atom stereocenters. The van der Waals surface area contributed by atoms with E-state index in [1.54, 1.807) is 25.1 Å². The largest absolute Gasteiger partial charge is 0.369 e. The SMILES string of the molecule is Cc1ccc(C)c(S(=O)(=O)N2CCN(c3ccc([N+](=O)[O-])cc3)CC2)c1. The summed E-state index contributed by atoms with van der Waals surface area (Å²) >= 11 is 0. The van der Waals surface area contributed by atoms with Crippen LogP contribution in [0.2, 0.25) is 0 Å². The minimum atomic E-state index is -3.52. The van der Waals surface area contributed by atoms with E-state index in [0.717, 1.165) is 16.8 Å². The molecule has 0 bridgehead atoms. The molecule has 0 radical (unpaired) electrons. The molecule has 0 aliphatic carbocycles. The quantitative estimate of drug-likeness (QED) is 0.606. The van der Waals surface area contributed by atoms with Crippen LogP contribution in [0.4, 0.5) is 11.4 Å². The molecule has 1 aliphatic rings. The van der Waals surface area contributed by atoms with Gasteiger partial charge in [-0.2, -0.15) is 4.31 Å². The van der Waals surface area contributed by atoms with Gasteiger partial charge in [-0.15, -0.1) is 0 Å². The predicted octanol–water partition coefficient (Wildman–Crippen LogP) is 2.72. The molecule has 2 aromatic rings. The van der Waals surface area contributed by atoms with E-state index in [9.17, 15) is 18.5 Å². The fourth-order valence-electron chi connectivity index (χ4n) is 3.10. The minimum absolute atomic E-state index is 0.0462. The monoisotopic (exact) mass is 375 g/mol. The normalized spacial score (nSPS) is 15.8. The van der Waals surface area contributed by atoms with E-state index in [1.165, 1.54) is 16.4 Å². The Morgan fingerprint density at radius 3 is 2.15 bits per heavy atom. The van der Waals surface area contributed by atoms with Crippen molar-refractivity contribution in [1.82, 2.24) is 4.31 Å². The molecule has 1 fully saturated rings. The second-order valence-corrected chi connectivity index (χ2v) is 8.34. The van der Waals surface area contributed by atoms with Gasteiger partial charge in [0.1, 0.15) is 0 Å². The van der Waals surface area contributed by atoms with Crippen LogP contribution in [0, 0.1) is 24.0 Å². The first-order valence-corrected chi connectivity index (χ1v) is 9.80. The maximum Gasteiger partial charge on any atom is 0.269 e. The number of non-ortho nitro benzene ring substituents is 1. The molecule has 0 unspecified atom stereocenters. The van der Waals surface area contributed by atoms with Gasteiger partial charge in [-0.05, 0) is 43.2 Å². The van der Waals surface area contributed by atoms with Gasteiger partial charge in [-0.3, -0.25) is 10.1 Å². The van der Waals surface area contributed by atoms with Gasteiger partial charge in [0.05, 0.1) is 9.82 Å². The van der Waals surface area contributed by atoms with Crippen molar-refractivity contribution < 1.29 is 13.3 Å². The number of anilines is 1. The molecular weight excluding hydrogens is 354 g/mol. The smallest absolute Gasteiger partial charge is 0.269 e. The summed E-state index contributed by atoms with van der Waals surface area (Å²) in [6.07, 6.45) is 0. The highest BCUT2D eigenvalue weighted by Crippen LogP contribution is 2.25. The van der Waals surface area contributed by atoms with Crippen LogP contribution in [0.5, 0.6) is 0 Å². The molecule has 3 rings (SSSR count). The summed E-state index contributed by atoms with van der Waals surface area (Å²) in [5, 5.41) is 10.7. The Balaban J connectivity index is 1.73. The number of aryl methyl sites for hydroxylation is 2. The number of benzene rings is 2. The van der Waals surface area contributed by atoms with E-state index in [2.05, 4.69) is 0 Å². The molecule has 0 amide bonds. The highest BCUT2D eigenvalue weighted by atomic mass is 32.2. The number of hydrogen-bond donors (Lipinski definition) is 0. The lowest BCUT2D eigenvalue weighted by atomic mass is 10.2. The summed E-state index contributed by atoms with van der Waals surface area (Å²) in [7, 11) is -3.52. The van der Waals surface area contributed by atoms with Crippen molar-refractivity contribution in [2.45, 2.75) is 18.7 Å². The molecule has 8 heteroatoms. The number of nitro groups is 1. The number of piperazine rings is 1. The van der Waals surface area contributed by atoms with Crippen LogP contribution >= 0.6 is 0 Å². The van der Waals surface area contributed by atoms with Gasteiger partial charge >= 0.3 is 0 Å². The second-order valence-electron chi connectivity index (χ2n) is 6.43. The molecule has 0 spiro atoms. The van der Waals surface area contributed by atoms with Crippen LogP contribution in [0.3, 0.4) is 0 Å². The molecule has 1 aliphatic heterocycles. The van der Waals surface area contributed by atoms with E-state index in [1.807, 2.05) is 24.0 Å². The molecule has 0 saturated carbocycles. The van der Waals surface area contributed by atoms with Gasteiger partial charge in [0.15, 0.2) is 0 Å². The third-order valence-corrected chi connectivity index (χ3v) is 6.67. The summed E-state index contributed by atoms with van der Waals surface area (Å²) in [6.45, 7) is 5.54. The zero-order chi connectivity index (χ0) is 18.9. The standard InChI is InChI=1S/C18H21N3O4S/c1-14-3-4-15(2)18(13-14)26(24,25)20-11-9-19(10-12-20)16-5-7-17(8-6-16)21(22)23/h3-8,13H,9-12H2,1-2H3. The second kappa shape index (κ2) is 7.05. The summed E-state index contributed by atoms with van der Waals surface area (Å²) < 4.78 is 27.4. The fourth-order valence-corrected chi connectivity index (χ4v) is 4.83. The third kappa shape index (κ3) is 3.56. The van der Waals surface area contributed by atoms with Gasteiger partial charge in [-0.1, -0.05) is 12.1 Å². The van der Waals surface area contributed by atoms with Gasteiger partial charge in [0.25, 0.3) is 5.69 Å². The molecule has 1 heterocycles. The Kier molecular flexibility index (Phi) is 4.97. The van der Waals surface area contributed by atoms with Gasteiger partial charge in [0, 0.05) is 44.0 Å². The fraction of sp³-hybridized carbons (Fsp3) is 0.333. The molecule has 138 valence electrons. The topological polar surface area (TPSA) is 83.8 Å². The van der Waals surface area contributed by atoms with Crippen molar-refractivity contribution in [3.05, 3.63) is 63.7 Å². The van der Waals surface area contributed by atoms with E-state index >= 15 is 0 Å². The van der Waals surface area contributed by atoms with Gasteiger partial charge in [-0.25, -0.2) is 8.42 Å². The van der Waals surface area contributed by atoms with Crippen LogP contribution in [0.1, 0.15) is 11.1 Å². The maximum atomic E-state index is 13.0. The number of rotatable bonds is 4. The Bertz CT molecular complexity index is 918. The van der Waals surface area contributed by atoms with Crippen molar-refractivity contribution in [3.63, 3.8) is 0 Å². The third-order valence-electron chi connectivity index (χ3n) is 4.63. The summed E-state index contributed by atoms with van der Waals surface area (Å²) in [5.41, 5.74) is 2.57. The maximum absolute atomic E-state index is 13.0. The van der Waals surface area contributed by atoms with Crippen molar-refractivity contribution in [1.29, 1.82) is 0 Å². The molecule has 26 heavy (non-hydrogen) atoms.